The van der Waals surface area contributed by atoms with E-state index in [9.17, 15) is 4.79 Å². The maximum atomic E-state index is 12.0. The van der Waals surface area contributed by atoms with Gasteiger partial charge in [-0.15, -0.1) is 0 Å². The van der Waals surface area contributed by atoms with Crippen molar-refractivity contribution < 1.29 is 10.0 Å². The van der Waals surface area contributed by atoms with Gasteiger partial charge in [0.2, 0.25) is 5.91 Å². The Kier molecular flexibility index (Phi) is 5.11. The van der Waals surface area contributed by atoms with Gasteiger partial charge in [0.25, 0.3) is 0 Å². The van der Waals surface area contributed by atoms with Crippen LogP contribution < -0.4 is 5.32 Å². The topological polar surface area (TPSA) is 61.7 Å². The molecule has 5 heteroatoms. The van der Waals surface area contributed by atoms with Gasteiger partial charge in [0.15, 0.2) is 0 Å². The maximum Gasteiger partial charge on any atom is 0.228 e. The lowest BCUT2D eigenvalue weighted by atomic mass is 10.1. The van der Waals surface area contributed by atoms with Gasteiger partial charge in [-0.3, -0.25) is 4.79 Å². The largest absolute Gasteiger partial charge is 0.411 e. The molecule has 0 spiro atoms. The van der Waals surface area contributed by atoms with Gasteiger partial charge < -0.3 is 10.5 Å². The molecule has 0 aliphatic carbocycles. The Morgan fingerprint density at radius 3 is 2.62 bits per heavy atom. The van der Waals surface area contributed by atoms with Crippen molar-refractivity contribution in [3.8, 4) is 0 Å². The number of rotatable bonds is 4. The standard InChI is InChI=1S/C16H15BrN2O2/c1-11(19-21)13-3-2-4-15(10-13)18-16(20)9-12-5-7-14(17)8-6-12/h2-8,10,21H,9H2,1H3,(H,18,20)/b19-11+. The Balaban J connectivity index is 2.04. The number of anilines is 1. The molecule has 2 aromatic rings. The van der Waals surface area contributed by atoms with Crippen molar-refractivity contribution in [1.82, 2.24) is 0 Å². The van der Waals surface area contributed by atoms with Crippen LogP contribution in [0.1, 0.15) is 18.1 Å². The van der Waals surface area contributed by atoms with Gasteiger partial charge >= 0.3 is 0 Å². The van der Waals surface area contributed by atoms with Crippen LogP contribution in [0.4, 0.5) is 5.69 Å². The van der Waals surface area contributed by atoms with Crippen molar-refractivity contribution >= 4 is 33.2 Å². The molecule has 0 fully saturated rings. The van der Waals surface area contributed by atoms with E-state index in [-0.39, 0.29) is 5.91 Å². The molecule has 21 heavy (non-hydrogen) atoms. The highest BCUT2D eigenvalue weighted by Crippen LogP contribution is 2.14. The lowest BCUT2D eigenvalue weighted by Gasteiger charge is -2.07. The van der Waals surface area contributed by atoms with Gasteiger partial charge in [-0.1, -0.05) is 45.4 Å². The minimum absolute atomic E-state index is 0.0898. The van der Waals surface area contributed by atoms with Gasteiger partial charge in [0.05, 0.1) is 12.1 Å². The van der Waals surface area contributed by atoms with Crippen molar-refractivity contribution in [2.24, 2.45) is 5.16 Å². The SMILES string of the molecule is C/C(=N\O)c1cccc(NC(=O)Cc2ccc(Br)cc2)c1. The van der Waals surface area contributed by atoms with Gasteiger partial charge in [0, 0.05) is 15.7 Å². The first-order valence-corrected chi connectivity index (χ1v) is 7.21. The first kappa shape index (κ1) is 15.3. The predicted molar refractivity (Wildman–Crippen MR) is 86.9 cm³/mol. The summed E-state index contributed by atoms with van der Waals surface area (Å²) >= 11 is 3.36. The summed E-state index contributed by atoms with van der Waals surface area (Å²) in [6.07, 6.45) is 0.310. The molecule has 2 N–H and O–H groups in total. The fraction of sp³-hybridized carbons (Fsp3) is 0.125. The first-order valence-electron chi connectivity index (χ1n) is 6.42. The van der Waals surface area contributed by atoms with Gasteiger partial charge in [-0.25, -0.2) is 0 Å². The minimum Gasteiger partial charge on any atom is -0.411 e. The van der Waals surface area contributed by atoms with E-state index in [0.717, 1.165) is 15.6 Å². The van der Waals surface area contributed by atoms with Gasteiger partial charge in [0.1, 0.15) is 0 Å². The smallest absolute Gasteiger partial charge is 0.228 e. The van der Waals surface area contributed by atoms with E-state index >= 15 is 0 Å². The third-order valence-corrected chi connectivity index (χ3v) is 3.52. The highest BCUT2D eigenvalue weighted by Gasteiger charge is 2.06. The van der Waals surface area contributed by atoms with E-state index in [0.29, 0.717) is 17.8 Å². The molecule has 0 unspecified atom stereocenters. The summed E-state index contributed by atoms with van der Waals surface area (Å²) in [4.78, 5) is 12.0. The quantitative estimate of drug-likeness (QED) is 0.502. The van der Waals surface area contributed by atoms with E-state index in [2.05, 4.69) is 26.4 Å². The highest BCUT2D eigenvalue weighted by molar-refractivity contribution is 9.10. The molecule has 0 saturated carbocycles. The molecule has 0 aromatic heterocycles. The van der Waals surface area contributed by atoms with E-state index in [1.165, 1.54) is 0 Å². The van der Waals surface area contributed by atoms with Crippen LogP contribution >= 0.6 is 15.9 Å². The van der Waals surface area contributed by atoms with Crippen LogP contribution in [0.5, 0.6) is 0 Å². The second kappa shape index (κ2) is 7.04. The third-order valence-electron chi connectivity index (χ3n) is 2.99. The number of oxime groups is 1. The van der Waals surface area contributed by atoms with E-state index in [1.54, 1.807) is 25.1 Å². The maximum absolute atomic E-state index is 12.0. The number of halogens is 1. The average molecular weight is 347 g/mol. The summed E-state index contributed by atoms with van der Waals surface area (Å²) in [6, 6.07) is 14.8. The Bertz CT molecular complexity index is 666. The Hall–Kier alpha value is -2.14. The number of amides is 1. The fourth-order valence-corrected chi connectivity index (χ4v) is 2.14. The Morgan fingerprint density at radius 1 is 1.24 bits per heavy atom. The number of hydrogen-bond donors (Lipinski definition) is 2. The zero-order chi connectivity index (χ0) is 15.2. The molecular formula is C16H15BrN2O2. The van der Waals surface area contributed by atoms with Crippen LogP contribution in [0, 0.1) is 0 Å². The molecule has 2 aromatic carbocycles. The molecule has 108 valence electrons. The van der Waals surface area contributed by atoms with Crippen molar-refractivity contribution in [2.45, 2.75) is 13.3 Å². The van der Waals surface area contributed by atoms with Crippen molar-refractivity contribution in [1.29, 1.82) is 0 Å². The van der Waals surface area contributed by atoms with Crippen LogP contribution in [0.3, 0.4) is 0 Å². The monoisotopic (exact) mass is 346 g/mol. The van der Waals surface area contributed by atoms with E-state index < -0.39 is 0 Å². The zero-order valence-corrected chi connectivity index (χ0v) is 13.1. The van der Waals surface area contributed by atoms with Gasteiger partial charge in [-0.2, -0.15) is 0 Å². The minimum atomic E-state index is -0.0898. The Labute approximate surface area is 131 Å². The van der Waals surface area contributed by atoms with Crippen molar-refractivity contribution in [3.05, 3.63) is 64.1 Å². The molecule has 0 saturated heterocycles. The molecule has 0 aliphatic heterocycles. The van der Waals surface area contributed by atoms with Crippen LogP contribution in [0.25, 0.3) is 0 Å². The number of nitrogens with zero attached hydrogens (tertiary/aromatic N) is 1. The first-order chi connectivity index (χ1) is 10.1. The Morgan fingerprint density at radius 2 is 1.95 bits per heavy atom. The highest BCUT2D eigenvalue weighted by atomic mass is 79.9. The summed E-state index contributed by atoms with van der Waals surface area (Å²) in [5.41, 5.74) is 2.88. The van der Waals surface area contributed by atoms with Crippen LogP contribution in [-0.2, 0) is 11.2 Å². The van der Waals surface area contributed by atoms with E-state index in [1.807, 2.05) is 30.3 Å². The molecular weight excluding hydrogens is 332 g/mol. The predicted octanol–water partition coefficient (Wildman–Crippen LogP) is 3.83. The van der Waals surface area contributed by atoms with Crippen LogP contribution in [-0.4, -0.2) is 16.8 Å². The average Bonchev–Trinajstić information content (AvgIpc) is 2.49. The summed E-state index contributed by atoms with van der Waals surface area (Å²) in [7, 11) is 0. The second-order valence-electron chi connectivity index (χ2n) is 4.62. The van der Waals surface area contributed by atoms with Crippen molar-refractivity contribution in [2.75, 3.05) is 5.32 Å². The number of carbonyl (C=O) groups is 1. The lowest BCUT2D eigenvalue weighted by molar-refractivity contribution is -0.115. The molecule has 0 radical (unpaired) electrons. The lowest BCUT2D eigenvalue weighted by Crippen LogP contribution is -2.14. The zero-order valence-electron chi connectivity index (χ0n) is 11.5. The second-order valence-corrected chi connectivity index (χ2v) is 5.53. The van der Waals surface area contributed by atoms with Crippen molar-refractivity contribution in [3.63, 3.8) is 0 Å². The fourth-order valence-electron chi connectivity index (χ4n) is 1.87. The van der Waals surface area contributed by atoms with Crippen LogP contribution in [0.2, 0.25) is 0 Å². The number of hydrogen-bond acceptors (Lipinski definition) is 3. The molecule has 0 heterocycles. The summed E-state index contributed by atoms with van der Waals surface area (Å²) in [5.74, 6) is -0.0898. The number of nitrogens with one attached hydrogen (secondary N) is 1. The van der Waals surface area contributed by atoms with Gasteiger partial charge in [-0.05, 0) is 36.8 Å². The molecule has 1 amide bonds. The molecule has 2 rings (SSSR count). The summed E-state index contributed by atoms with van der Waals surface area (Å²) in [6.45, 7) is 1.70. The molecule has 0 atom stereocenters. The number of carbonyl (C=O) groups excluding carboxylic acids is 1. The summed E-state index contributed by atoms with van der Waals surface area (Å²) < 4.78 is 0.984. The molecule has 0 aliphatic rings. The normalized spacial score (nSPS) is 11.2. The van der Waals surface area contributed by atoms with Crippen LogP contribution in [0.15, 0.2) is 58.2 Å². The number of benzene rings is 2. The van der Waals surface area contributed by atoms with E-state index in [4.69, 9.17) is 5.21 Å². The molecule has 0 bridgehead atoms. The molecule has 4 nitrogen and oxygen atoms in total. The third kappa shape index (κ3) is 4.43. The summed E-state index contributed by atoms with van der Waals surface area (Å²) in [5, 5.41) is 14.8.